The van der Waals surface area contributed by atoms with Gasteiger partial charge in [-0.1, -0.05) is 0 Å². The van der Waals surface area contributed by atoms with Gasteiger partial charge < -0.3 is 9.84 Å². The second-order valence-corrected chi connectivity index (χ2v) is 3.74. The third-order valence-electron chi connectivity index (χ3n) is 2.54. The predicted molar refractivity (Wildman–Crippen MR) is 60.2 cm³/mol. The standard InChI is InChI=1S/C12H13FN2O2/c1-15-7-8(6-14-15)12(16)10-4-3-9(17-2)5-11(10)13/h3-7,12,16H,1-2H3. The van der Waals surface area contributed by atoms with Crippen molar-refractivity contribution in [2.75, 3.05) is 7.11 Å². The molecular formula is C12H13FN2O2. The van der Waals surface area contributed by atoms with Crippen molar-refractivity contribution in [1.29, 1.82) is 0 Å². The van der Waals surface area contributed by atoms with E-state index in [2.05, 4.69) is 5.10 Å². The number of nitrogens with zero attached hydrogens (tertiary/aromatic N) is 2. The molecule has 90 valence electrons. The van der Waals surface area contributed by atoms with Gasteiger partial charge in [0.25, 0.3) is 0 Å². The molecule has 4 nitrogen and oxygen atoms in total. The van der Waals surface area contributed by atoms with Crippen LogP contribution in [0.4, 0.5) is 4.39 Å². The normalized spacial score (nSPS) is 12.5. The van der Waals surface area contributed by atoms with Gasteiger partial charge in [0, 0.05) is 30.4 Å². The van der Waals surface area contributed by atoms with Crippen LogP contribution in [-0.4, -0.2) is 22.0 Å². The molecule has 2 aromatic rings. The van der Waals surface area contributed by atoms with Crippen LogP contribution in [0.1, 0.15) is 17.2 Å². The SMILES string of the molecule is COc1ccc(C(O)c2cnn(C)c2)c(F)c1. The van der Waals surface area contributed by atoms with Crippen molar-refractivity contribution < 1.29 is 14.2 Å². The molecule has 0 bridgehead atoms. The van der Waals surface area contributed by atoms with Gasteiger partial charge >= 0.3 is 0 Å². The van der Waals surface area contributed by atoms with Crippen LogP contribution in [0.25, 0.3) is 0 Å². The number of rotatable bonds is 3. The van der Waals surface area contributed by atoms with Gasteiger partial charge in [-0.05, 0) is 12.1 Å². The lowest BCUT2D eigenvalue weighted by Gasteiger charge is -2.10. The van der Waals surface area contributed by atoms with E-state index in [1.807, 2.05) is 0 Å². The maximum absolute atomic E-state index is 13.7. The molecule has 0 saturated heterocycles. The lowest BCUT2D eigenvalue weighted by atomic mass is 10.0. The van der Waals surface area contributed by atoms with Gasteiger partial charge in [-0.2, -0.15) is 5.10 Å². The first kappa shape index (κ1) is 11.6. The second-order valence-electron chi connectivity index (χ2n) is 3.74. The fourth-order valence-corrected chi connectivity index (χ4v) is 1.62. The molecule has 1 unspecified atom stereocenters. The quantitative estimate of drug-likeness (QED) is 0.881. The van der Waals surface area contributed by atoms with Crippen LogP contribution in [0.5, 0.6) is 5.75 Å². The van der Waals surface area contributed by atoms with E-state index in [1.54, 1.807) is 24.0 Å². The summed E-state index contributed by atoms with van der Waals surface area (Å²) in [5.74, 6) is -0.0784. The molecule has 0 aliphatic heterocycles. The fraction of sp³-hybridized carbons (Fsp3) is 0.250. The monoisotopic (exact) mass is 236 g/mol. The van der Waals surface area contributed by atoms with Gasteiger partial charge in [-0.15, -0.1) is 0 Å². The minimum atomic E-state index is -1.02. The van der Waals surface area contributed by atoms with Gasteiger partial charge in [-0.25, -0.2) is 4.39 Å². The highest BCUT2D eigenvalue weighted by atomic mass is 19.1. The number of ether oxygens (including phenoxy) is 1. The molecule has 0 aliphatic rings. The predicted octanol–water partition coefficient (Wildman–Crippen LogP) is 1.65. The van der Waals surface area contributed by atoms with Crippen LogP contribution in [0.3, 0.4) is 0 Å². The van der Waals surface area contributed by atoms with Crippen LogP contribution in [-0.2, 0) is 7.05 Å². The van der Waals surface area contributed by atoms with Crippen molar-refractivity contribution in [3.63, 3.8) is 0 Å². The van der Waals surface area contributed by atoms with Crippen LogP contribution in [0, 0.1) is 5.82 Å². The first-order valence-electron chi connectivity index (χ1n) is 5.12. The van der Waals surface area contributed by atoms with E-state index in [-0.39, 0.29) is 5.56 Å². The van der Waals surface area contributed by atoms with Gasteiger partial charge in [0.05, 0.1) is 13.3 Å². The topological polar surface area (TPSA) is 47.3 Å². The Balaban J connectivity index is 2.34. The second kappa shape index (κ2) is 4.55. The van der Waals surface area contributed by atoms with E-state index in [0.29, 0.717) is 11.3 Å². The molecule has 0 saturated carbocycles. The lowest BCUT2D eigenvalue weighted by Crippen LogP contribution is -2.02. The Kier molecular flexibility index (Phi) is 3.10. The Hall–Kier alpha value is -1.88. The fourth-order valence-electron chi connectivity index (χ4n) is 1.62. The summed E-state index contributed by atoms with van der Waals surface area (Å²) in [6, 6.07) is 4.36. The smallest absolute Gasteiger partial charge is 0.133 e. The van der Waals surface area contributed by atoms with Gasteiger partial charge in [0.2, 0.25) is 0 Å². The van der Waals surface area contributed by atoms with Crippen LogP contribution >= 0.6 is 0 Å². The van der Waals surface area contributed by atoms with Crippen molar-refractivity contribution in [2.45, 2.75) is 6.10 Å². The first-order valence-corrected chi connectivity index (χ1v) is 5.12. The molecule has 0 amide bonds. The van der Waals surface area contributed by atoms with Gasteiger partial charge in [-0.3, -0.25) is 4.68 Å². The zero-order chi connectivity index (χ0) is 12.4. The molecule has 1 N–H and O–H groups in total. The average Bonchev–Trinajstić information content (AvgIpc) is 2.75. The van der Waals surface area contributed by atoms with Crippen LogP contribution < -0.4 is 4.74 Å². The highest BCUT2D eigenvalue weighted by molar-refractivity contribution is 5.34. The maximum atomic E-state index is 13.7. The molecule has 1 atom stereocenters. The molecule has 1 aromatic heterocycles. The number of aromatic nitrogens is 2. The zero-order valence-corrected chi connectivity index (χ0v) is 9.59. The number of hydrogen-bond donors (Lipinski definition) is 1. The van der Waals surface area contributed by atoms with Crippen molar-refractivity contribution in [1.82, 2.24) is 9.78 Å². The molecule has 0 spiro atoms. The molecule has 0 radical (unpaired) electrons. The van der Waals surface area contributed by atoms with Crippen LogP contribution in [0.15, 0.2) is 30.6 Å². The summed E-state index contributed by atoms with van der Waals surface area (Å²) < 4.78 is 20.2. The van der Waals surface area contributed by atoms with Crippen molar-refractivity contribution >= 4 is 0 Å². The largest absolute Gasteiger partial charge is 0.497 e. The molecule has 5 heteroatoms. The van der Waals surface area contributed by atoms with Crippen molar-refractivity contribution in [3.8, 4) is 5.75 Å². The highest BCUT2D eigenvalue weighted by Gasteiger charge is 2.16. The third-order valence-corrected chi connectivity index (χ3v) is 2.54. The summed E-state index contributed by atoms with van der Waals surface area (Å²) in [4.78, 5) is 0. The Morgan fingerprint density at radius 3 is 2.76 bits per heavy atom. The Bertz CT molecular complexity index is 525. The molecule has 0 fully saturated rings. The summed E-state index contributed by atoms with van der Waals surface area (Å²) >= 11 is 0. The highest BCUT2D eigenvalue weighted by Crippen LogP contribution is 2.26. The summed E-state index contributed by atoms with van der Waals surface area (Å²) in [6.07, 6.45) is 2.14. The first-order chi connectivity index (χ1) is 8.11. The molecule has 17 heavy (non-hydrogen) atoms. The van der Waals surface area contributed by atoms with E-state index < -0.39 is 11.9 Å². The van der Waals surface area contributed by atoms with Crippen molar-refractivity contribution in [3.05, 3.63) is 47.5 Å². The number of aliphatic hydroxyl groups is 1. The molecule has 1 heterocycles. The van der Waals surface area contributed by atoms with E-state index >= 15 is 0 Å². The minimum Gasteiger partial charge on any atom is -0.497 e. The Morgan fingerprint density at radius 1 is 1.47 bits per heavy atom. The summed E-state index contributed by atoms with van der Waals surface area (Å²) in [5.41, 5.74) is 0.760. The van der Waals surface area contributed by atoms with E-state index in [0.717, 1.165) is 0 Å². The number of methoxy groups -OCH3 is 1. The van der Waals surface area contributed by atoms with E-state index in [4.69, 9.17) is 4.74 Å². The molecule has 1 aromatic carbocycles. The average molecular weight is 236 g/mol. The maximum Gasteiger partial charge on any atom is 0.133 e. The summed E-state index contributed by atoms with van der Waals surface area (Å²) in [7, 11) is 3.20. The van der Waals surface area contributed by atoms with Crippen molar-refractivity contribution in [2.24, 2.45) is 7.05 Å². The third kappa shape index (κ3) is 2.29. The van der Waals surface area contributed by atoms with Crippen LogP contribution in [0.2, 0.25) is 0 Å². The zero-order valence-electron chi connectivity index (χ0n) is 9.59. The number of aliphatic hydroxyl groups excluding tert-OH is 1. The van der Waals surface area contributed by atoms with E-state index in [9.17, 15) is 9.50 Å². The van der Waals surface area contributed by atoms with Gasteiger partial charge in [0.1, 0.15) is 17.7 Å². The molecule has 2 rings (SSSR count). The summed E-state index contributed by atoms with van der Waals surface area (Å²) in [5, 5.41) is 14.0. The molecular weight excluding hydrogens is 223 g/mol. The lowest BCUT2D eigenvalue weighted by molar-refractivity contribution is 0.214. The van der Waals surface area contributed by atoms with Gasteiger partial charge in [0.15, 0.2) is 0 Å². The van der Waals surface area contributed by atoms with E-state index in [1.165, 1.54) is 25.4 Å². The minimum absolute atomic E-state index is 0.207. The number of halogens is 1. The molecule has 0 aliphatic carbocycles. The number of hydrogen-bond acceptors (Lipinski definition) is 3. The Labute approximate surface area is 98.3 Å². The Morgan fingerprint density at radius 2 is 2.24 bits per heavy atom. The summed E-state index contributed by atoms with van der Waals surface area (Å²) in [6.45, 7) is 0. The number of benzene rings is 1. The number of aryl methyl sites for hydroxylation is 1.